The highest BCUT2D eigenvalue weighted by Crippen LogP contribution is 2.22. The second-order valence-electron chi connectivity index (χ2n) is 11.7. The van der Waals surface area contributed by atoms with Gasteiger partial charge in [0.15, 0.2) is 0 Å². The number of hydrogen-bond acceptors (Lipinski definition) is 6. The topological polar surface area (TPSA) is 114 Å². The molecular formula is C30H48ClN7O3. The number of piperidine rings is 1. The van der Waals surface area contributed by atoms with E-state index < -0.39 is 17.5 Å². The highest BCUT2D eigenvalue weighted by Gasteiger charge is 2.36. The molecule has 0 aliphatic carbocycles. The molecule has 0 radical (unpaired) electrons. The van der Waals surface area contributed by atoms with Gasteiger partial charge < -0.3 is 26.2 Å². The monoisotopic (exact) mass is 589 g/mol. The molecule has 0 bridgehead atoms. The fraction of sp³-hybridized carbons (Fsp3) is 0.633. The van der Waals surface area contributed by atoms with Gasteiger partial charge in [-0.1, -0.05) is 43.7 Å². The second kappa shape index (κ2) is 15.0. The molecule has 228 valence electrons. The van der Waals surface area contributed by atoms with Crippen molar-refractivity contribution in [2.75, 3.05) is 52.4 Å². The molecule has 2 aliphatic rings. The van der Waals surface area contributed by atoms with Crippen LogP contribution < -0.4 is 16.4 Å². The van der Waals surface area contributed by atoms with Crippen LogP contribution in [0, 0.1) is 5.92 Å². The highest BCUT2D eigenvalue weighted by atomic mass is 35.5. The van der Waals surface area contributed by atoms with Crippen LogP contribution in [0.1, 0.15) is 46.1 Å². The van der Waals surface area contributed by atoms with Crippen LogP contribution in [0.15, 0.2) is 36.9 Å². The summed E-state index contributed by atoms with van der Waals surface area (Å²) in [4.78, 5) is 42.7. The summed E-state index contributed by atoms with van der Waals surface area (Å²) in [6.45, 7) is 17.2. The van der Waals surface area contributed by atoms with Crippen molar-refractivity contribution in [3.63, 3.8) is 0 Å². The minimum atomic E-state index is -1.29. The number of amides is 4. The number of nitrogens with two attached hydrogens (primary N) is 1. The Kier molecular flexibility index (Phi) is 12.0. The number of halogens is 1. The number of piperazine rings is 1. The van der Waals surface area contributed by atoms with Gasteiger partial charge in [0, 0.05) is 69.8 Å². The van der Waals surface area contributed by atoms with Crippen LogP contribution in [-0.2, 0) is 16.0 Å². The second-order valence-corrected chi connectivity index (χ2v) is 12.1. The maximum Gasteiger partial charge on any atom is 0.317 e. The standard InChI is InChI=1S/C30H48ClN7O3/c1-6-30(5,32)28(40)34-26(20-23-8-10-24(31)11-9-23)27(39)35-16-18-37(19-17-35)38(21-22(3)4)25-12-14-36(15-13-25)29(41)33-7-2/h6,8-11,22,25-26H,1,7,12-21,32H2,2-5H3,(H,33,41)(H,34,40)/t26-,30?/m1/s1. The minimum Gasteiger partial charge on any atom is -0.342 e. The third-order valence-corrected chi connectivity index (χ3v) is 8.11. The summed E-state index contributed by atoms with van der Waals surface area (Å²) in [5.41, 5.74) is 5.70. The number of carbonyl (C=O) groups is 3. The van der Waals surface area contributed by atoms with Gasteiger partial charge in [-0.25, -0.2) is 14.8 Å². The van der Waals surface area contributed by atoms with Crippen molar-refractivity contribution in [1.82, 2.24) is 30.5 Å². The molecule has 2 atom stereocenters. The molecule has 1 aromatic carbocycles. The van der Waals surface area contributed by atoms with Crippen molar-refractivity contribution in [3.05, 3.63) is 47.5 Å². The van der Waals surface area contributed by atoms with Crippen molar-refractivity contribution in [2.24, 2.45) is 11.7 Å². The Balaban J connectivity index is 1.66. The summed E-state index contributed by atoms with van der Waals surface area (Å²) >= 11 is 6.05. The number of hydrogen-bond donors (Lipinski definition) is 3. The Morgan fingerprint density at radius 1 is 1.10 bits per heavy atom. The van der Waals surface area contributed by atoms with Crippen molar-refractivity contribution < 1.29 is 14.4 Å². The molecule has 41 heavy (non-hydrogen) atoms. The maximum absolute atomic E-state index is 13.8. The van der Waals surface area contributed by atoms with E-state index in [2.05, 4.69) is 41.1 Å². The van der Waals surface area contributed by atoms with E-state index in [-0.39, 0.29) is 11.9 Å². The van der Waals surface area contributed by atoms with Crippen LogP contribution in [0.3, 0.4) is 0 Å². The van der Waals surface area contributed by atoms with Gasteiger partial charge in [0.1, 0.15) is 11.6 Å². The third-order valence-electron chi connectivity index (χ3n) is 7.85. The first-order valence-corrected chi connectivity index (χ1v) is 15.1. The lowest BCUT2D eigenvalue weighted by Gasteiger charge is -2.47. The SMILES string of the molecule is C=CC(C)(N)C(=O)N[C@H](Cc1ccc(Cl)cc1)C(=O)N1CCN(N(CC(C)C)C2CCN(C(=O)NCC)CC2)CC1. The van der Waals surface area contributed by atoms with E-state index in [0.29, 0.717) is 56.1 Å². The van der Waals surface area contributed by atoms with Gasteiger partial charge in [-0.2, -0.15) is 0 Å². The van der Waals surface area contributed by atoms with E-state index in [0.717, 1.165) is 38.0 Å². The number of hydrazine groups is 1. The lowest BCUT2D eigenvalue weighted by atomic mass is 10.00. The van der Waals surface area contributed by atoms with E-state index in [1.165, 1.54) is 6.08 Å². The number of benzene rings is 1. The average molecular weight is 590 g/mol. The fourth-order valence-electron chi connectivity index (χ4n) is 5.36. The predicted molar refractivity (Wildman–Crippen MR) is 163 cm³/mol. The van der Waals surface area contributed by atoms with Gasteiger partial charge in [-0.3, -0.25) is 9.59 Å². The first-order chi connectivity index (χ1) is 19.4. The zero-order chi connectivity index (χ0) is 30.2. The van der Waals surface area contributed by atoms with Crippen LogP contribution in [0.2, 0.25) is 5.02 Å². The van der Waals surface area contributed by atoms with Gasteiger partial charge in [0.2, 0.25) is 11.8 Å². The number of urea groups is 1. The molecule has 1 unspecified atom stereocenters. The summed E-state index contributed by atoms with van der Waals surface area (Å²) in [6, 6.07) is 6.88. The van der Waals surface area contributed by atoms with E-state index in [4.69, 9.17) is 17.3 Å². The number of likely N-dealkylation sites (tertiary alicyclic amines) is 1. The molecule has 0 spiro atoms. The van der Waals surface area contributed by atoms with Crippen molar-refractivity contribution >= 4 is 29.4 Å². The molecule has 1 aromatic rings. The Hall–Kier alpha value is -2.66. The molecule has 2 aliphatic heterocycles. The quantitative estimate of drug-likeness (QED) is 0.342. The van der Waals surface area contributed by atoms with Crippen molar-refractivity contribution in [1.29, 1.82) is 0 Å². The molecule has 0 aromatic heterocycles. The first-order valence-electron chi connectivity index (χ1n) is 14.8. The zero-order valence-corrected chi connectivity index (χ0v) is 25.8. The van der Waals surface area contributed by atoms with Crippen LogP contribution in [0.25, 0.3) is 0 Å². The van der Waals surface area contributed by atoms with Gasteiger partial charge >= 0.3 is 6.03 Å². The van der Waals surface area contributed by atoms with Gasteiger partial charge in [-0.05, 0) is 50.3 Å². The molecule has 10 nitrogen and oxygen atoms in total. The summed E-state index contributed by atoms with van der Waals surface area (Å²) in [5, 5.41) is 11.2. The van der Waals surface area contributed by atoms with E-state index in [1.807, 2.05) is 28.9 Å². The average Bonchev–Trinajstić information content (AvgIpc) is 2.96. The number of nitrogens with zero attached hydrogens (tertiary/aromatic N) is 4. The lowest BCUT2D eigenvalue weighted by Crippen LogP contribution is -2.62. The summed E-state index contributed by atoms with van der Waals surface area (Å²) in [5.74, 6) is -0.0931. The van der Waals surface area contributed by atoms with E-state index >= 15 is 0 Å². The zero-order valence-electron chi connectivity index (χ0n) is 25.1. The molecule has 2 saturated heterocycles. The minimum absolute atomic E-state index is 0.0109. The molecular weight excluding hydrogens is 542 g/mol. The number of nitrogens with one attached hydrogen (secondary N) is 2. The highest BCUT2D eigenvalue weighted by molar-refractivity contribution is 6.30. The molecule has 0 saturated carbocycles. The first kappa shape index (κ1) is 32.8. The Labute approximate surface area is 250 Å². The van der Waals surface area contributed by atoms with Gasteiger partial charge in [0.25, 0.3) is 0 Å². The van der Waals surface area contributed by atoms with Crippen LogP contribution in [0.5, 0.6) is 0 Å². The van der Waals surface area contributed by atoms with Gasteiger partial charge in [-0.15, -0.1) is 6.58 Å². The normalized spacial score (nSPS) is 19.1. The predicted octanol–water partition coefficient (Wildman–Crippen LogP) is 2.48. The van der Waals surface area contributed by atoms with Crippen LogP contribution >= 0.6 is 11.6 Å². The number of carbonyl (C=O) groups excluding carboxylic acids is 3. The number of rotatable bonds is 11. The largest absolute Gasteiger partial charge is 0.342 e. The molecule has 11 heteroatoms. The molecule has 3 rings (SSSR count). The lowest BCUT2D eigenvalue weighted by molar-refractivity contribution is -0.145. The van der Waals surface area contributed by atoms with Crippen LogP contribution in [0.4, 0.5) is 4.79 Å². The molecule has 2 fully saturated rings. The Morgan fingerprint density at radius 2 is 1.71 bits per heavy atom. The van der Waals surface area contributed by atoms with Crippen molar-refractivity contribution in [2.45, 2.75) is 64.6 Å². The van der Waals surface area contributed by atoms with E-state index in [9.17, 15) is 14.4 Å². The third kappa shape index (κ3) is 9.16. The molecule has 2 heterocycles. The van der Waals surface area contributed by atoms with Crippen molar-refractivity contribution in [3.8, 4) is 0 Å². The summed E-state index contributed by atoms with van der Waals surface area (Å²) in [7, 11) is 0. The summed E-state index contributed by atoms with van der Waals surface area (Å²) in [6.07, 6.45) is 3.55. The molecule has 4 amide bonds. The van der Waals surface area contributed by atoms with Crippen LogP contribution in [-0.4, -0.2) is 108 Å². The maximum atomic E-state index is 13.8. The fourth-order valence-corrected chi connectivity index (χ4v) is 5.48. The van der Waals surface area contributed by atoms with E-state index in [1.54, 1.807) is 19.1 Å². The Bertz CT molecular complexity index is 1030. The van der Waals surface area contributed by atoms with Gasteiger partial charge in [0.05, 0.1) is 0 Å². The summed E-state index contributed by atoms with van der Waals surface area (Å²) < 4.78 is 0. The Morgan fingerprint density at radius 3 is 2.24 bits per heavy atom. The smallest absolute Gasteiger partial charge is 0.317 e. The molecule has 4 N–H and O–H groups in total.